The van der Waals surface area contributed by atoms with Crippen LogP contribution in [0.25, 0.3) is 0 Å². The molecule has 1 amide bonds. The van der Waals surface area contributed by atoms with Crippen LogP contribution in [0, 0.1) is 17.0 Å². The maximum atomic E-state index is 11.7. The standard InChI is InChI=1S/C11H19N5O3/c1-8-13-9(16(18)19)6-15(8)5-4-10(17)14-11(2,3)7-12/h6H,4-5,7,12H2,1-3H3,(H,14,17). The second-order valence-corrected chi connectivity index (χ2v) is 4.98. The first-order chi connectivity index (χ1) is 8.75. The number of amides is 1. The van der Waals surface area contributed by atoms with Gasteiger partial charge in [-0.2, -0.15) is 0 Å². The summed E-state index contributed by atoms with van der Waals surface area (Å²) >= 11 is 0. The minimum Gasteiger partial charge on any atom is -0.358 e. The fourth-order valence-corrected chi connectivity index (χ4v) is 1.52. The zero-order valence-electron chi connectivity index (χ0n) is 11.3. The molecule has 0 atom stereocenters. The summed E-state index contributed by atoms with van der Waals surface area (Å²) in [5.41, 5.74) is 5.07. The van der Waals surface area contributed by atoms with E-state index >= 15 is 0 Å². The summed E-state index contributed by atoms with van der Waals surface area (Å²) < 4.78 is 1.59. The molecule has 1 rings (SSSR count). The predicted molar refractivity (Wildman–Crippen MR) is 69.5 cm³/mol. The minimum atomic E-state index is -0.554. The number of imidazole rings is 1. The molecule has 0 radical (unpaired) electrons. The number of hydrogen-bond acceptors (Lipinski definition) is 5. The van der Waals surface area contributed by atoms with Gasteiger partial charge >= 0.3 is 5.82 Å². The molecule has 8 heteroatoms. The molecule has 0 saturated carbocycles. The Labute approximate surface area is 111 Å². The highest BCUT2D eigenvalue weighted by Gasteiger charge is 2.19. The van der Waals surface area contributed by atoms with Crippen molar-refractivity contribution in [1.82, 2.24) is 14.9 Å². The maximum absolute atomic E-state index is 11.7. The molecule has 1 aromatic heterocycles. The van der Waals surface area contributed by atoms with Crippen LogP contribution in [0.15, 0.2) is 6.20 Å². The average molecular weight is 269 g/mol. The van der Waals surface area contributed by atoms with Crippen molar-refractivity contribution in [3.8, 4) is 0 Å². The molecule has 0 fully saturated rings. The van der Waals surface area contributed by atoms with E-state index in [4.69, 9.17) is 5.73 Å². The SMILES string of the molecule is Cc1nc([N+](=O)[O-])cn1CCC(=O)NC(C)(C)CN. The zero-order valence-corrected chi connectivity index (χ0v) is 11.3. The molecular formula is C11H19N5O3. The summed E-state index contributed by atoms with van der Waals surface area (Å²) in [5, 5.41) is 13.4. The van der Waals surface area contributed by atoms with E-state index in [2.05, 4.69) is 10.3 Å². The number of carbonyl (C=O) groups excluding carboxylic acids is 1. The quantitative estimate of drug-likeness (QED) is 0.570. The van der Waals surface area contributed by atoms with Gasteiger partial charge in [0.2, 0.25) is 11.7 Å². The Morgan fingerprint density at radius 3 is 2.74 bits per heavy atom. The second-order valence-electron chi connectivity index (χ2n) is 4.98. The normalized spacial score (nSPS) is 11.4. The van der Waals surface area contributed by atoms with E-state index in [1.807, 2.05) is 13.8 Å². The van der Waals surface area contributed by atoms with Crippen LogP contribution in [0.1, 0.15) is 26.1 Å². The highest BCUT2D eigenvalue weighted by molar-refractivity contribution is 5.76. The molecule has 0 aliphatic carbocycles. The number of carbonyl (C=O) groups is 1. The van der Waals surface area contributed by atoms with Crippen LogP contribution < -0.4 is 11.1 Å². The fraction of sp³-hybridized carbons (Fsp3) is 0.636. The molecule has 0 aliphatic heterocycles. The van der Waals surface area contributed by atoms with Crippen molar-refractivity contribution in [3.63, 3.8) is 0 Å². The van der Waals surface area contributed by atoms with Crippen LogP contribution in [0.5, 0.6) is 0 Å². The number of hydrogen-bond donors (Lipinski definition) is 2. The summed E-state index contributed by atoms with van der Waals surface area (Å²) in [5.74, 6) is 0.156. The van der Waals surface area contributed by atoms with E-state index in [1.54, 1.807) is 11.5 Å². The Morgan fingerprint density at radius 1 is 1.63 bits per heavy atom. The fourth-order valence-electron chi connectivity index (χ4n) is 1.52. The van der Waals surface area contributed by atoms with Crippen molar-refractivity contribution in [2.75, 3.05) is 6.54 Å². The van der Waals surface area contributed by atoms with Crippen LogP contribution in [0.2, 0.25) is 0 Å². The third kappa shape index (κ3) is 4.32. The highest BCUT2D eigenvalue weighted by atomic mass is 16.6. The number of rotatable bonds is 6. The van der Waals surface area contributed by atoms with Crippen molar-refractivity contribution in [2.24, 2.45) is 5.73 Å². The molecule has 0 bridgehead atoms. The lowest BCUT2D eigenvalue weighted by molar-refractivity contribution is -0.389. The van der Waals surface area contributed by atoms with Gasteiger partial charge in [0.25, 0.3) is 0 Å². The number of nitrogens with two attached hydrogens (primary N) is 1. The smallest absolute Gasteiger partial charge is 0.358 e. The largest absolute Gasteiger partial charge is 0.381 e. The molecule has 8 nitrogen and oxygen atoms in total. The molecule has 0 unspecified atom stereocenters. The summed E-state index contributed by atoms with van der Waals surface area (Å²) in [6, 6.07) is 0. The Balaban J connectivity index is 2.57. The van der Waals surface area contributed by atoms with Crippen molar-refractivity contribution >= 4 is 11.7 Å². The van der Waals surface area contributed by atoms with E-state index < -0.39 is 10.5 Å². The zero-order chi connectivity index (χ0) is 14.6. The lowest BCUT2D eigenvalue weighted by Gasteiger charge is -2.24. The average Bonchev–Trinajstić information content (AvgIpc) is 2.68. The van der Waals surface area contributed by atoms with E-state index in [1.165, 1.54) is 6.20 Å². The van der Waals surface area contributed by atoms with Crippen molar-refractivity contribution in [2.45, 2.75) is 39.3 Å². The van der Waals surface area contributed by atoms with E-state index in [-0.39, 0.29) is 18.1 Å². The van der Waals surface area contributed by atoms with Crippen LogP contribution in [-0.2, 0) is 11.3 Å². The van der Waals surface area contributed by atoms with Gasteiger partial charge in [0.05, 0.1) is 0 Å². The van der Waals surface area contributed by atoms with Crippen molar-refractivity contribution in [1.29, 1.82) is 0 Å². The first kappa shape index (κ1) is 15.1. The number of aryl methyl sites for hydroxylation is 2. The predicted octanol–water partition coefficient (Wildman–Crippen LogP) is 0.343. The van der Waals surface area contributed by atoms with Gasteiger partial charge < -0.3 is 25.7 Å². The van der Waals surface area contributed by atoms with E-state index in [0.717, 1.165) is 0 Å². The van der Waals surface area contributed by atoms with Gasteiger partial charge in [-0.1, -0.05) is 0 Å². The van der Waals surface area contributed by atoms with Gasteiger partial charge in [0.1, 0.15) is 6.20 Å². The van der Waals surface area contributed by atoms with Gasteiger partial charge in [-0.3, -0.25) is 4.79 Å². The molecule has 0 aliphatic rings. The lowest BCUT2D eigenvalue weighted by atomic mass is 10.1. The van der Waals surface area contributed by atoms with Crippen molar-refractivity contribution < 1.29 is 9.72 Å². The van der Waals surface area contributed by atoms with Gasteiger partial charge in [-0.25, -0.2) is 0 Å². The minimum absolute atomic E-state index is 0.147. The Kier molecular flexibility index (Phi) is 4.60. The van der Waals surface area contributed by atoms with E-state index in [0.29, 0.717) is 18.9 Å². The molecule has 106 valence electrons. The second kappa shape index (κ2) is 5.79. The summed E-state index contributed by atoms with van der Waals surface area (Å²) in [4.78, 5) is 25.5. The Hall–Kier alpha value is -1.96. The first-order valence-corrected chi connectivity index (χ1v) is 5.94. The molecule has 3 N–H and O–H groups in total. The number of nitrogens with one attached hydrogen (secondary N) is 1. The number of nitro groups is 1. The van der Waals surface area contributed by atoms with Gasteiger partial charge in [-0.05, 0) is 23.8 Å². The van der Waals surface area contributed by atoms with Crippen LogP contribution >= 0.6 is 0 Å². The van der Waals surface area contributed by atoms with E-state index in [9.17, 15) is 14.9 Å². The monoisotopic (exact) mass is 269 g/mol. The topological polar surface area (TPSA) is 116 Å². The summed E-state index contributed by atoms with van der Waals surface area (Å²) in [6.45, 7) is 6.01. The molecule has 0 saturated heterocycles. The van der Waals surface area contributed by atoms with Gasteiger partial charge in [-0.15, -0.1) is 0 Å². The summed E-state index contributed by atoms with van der Waals surface area (Å²) in [6.07, 6.45) is 1.55. The Morgan fingerprint density at radius 2 is 2.26 bits per heavy atom. The van der Waals surface area contributed by atoms with Crippen LogP contribution in [0.4, 0.5) is 5.82 Å². The number of aromatic nitrogens is 2. The van der Waals surface area contributed by atoms with Gasteiger partial charge in [0.15, 0.2) is 0 Å². The van der Waals surface area contributed by atoms with Crippen molar-refractivity contribution in [3.05, 3.63) is 22.1 Å². The maximum Gasteiger partial charge on any atom is 0.381 e. The first-order valence-electron chi connectivity index (χ1n) is 5.94. The van der Waals surface area contributed by atoms with Gasteiger partial charge in [0, 0.05) is 32.0 Å². The number of nitrogens with zero attached hydrogens (tertiary/aromatic N) is 3. The van der Waals surface area contributed by atoms with Crippen LogP contribution in [-0.4, -0.2) is 32.5 Å². The Bertz CT molecular complexity index is 481. The molecule has 1 aromatic rings. The molecule has 19 heavy (non-hydrogen) atoms. The molecule has 0 spiro atoms. The van der Waals surface area contributed by atoms with Crippen LogP contribution in [0.3, 0.4) is 0 Å². The third-order valence-electron chi connectivity index (χ3n) is 2.72. The molecule has 0 aromatic carbocycles. The molecular weight excluding hydrogens is 250 g/mol. The third-order valence-corrected chi connectivity index (χ3v) is 2.72. The highest BCUT2D eigenvalue weighted by Crippen LogP contribution is 2.11. The lowest BCUT2D eigenvalue weighted by Crippen LogP contribution is -2.49. The molecule has 1 heterocycles. The summed E-state index contributed by atoms with van der Waals surface area (Å²) in [7, 11) is 0.